The molecule has 0 aliphatic heterocycles. The number of aliphatic carboxylic acids is 1. The third-order valence-corrected chi connectivity index (χ3v) is 2.96. The van der Waals surface area contributed by atoms with Gasteiger partial charge < -0.3 is 20.1 Å². The predicted octanol–water partition coefficient (Wildman–Crippen LogP) is 1.10. The largest absolute Gasteiger partial charge is 0.481 e. The molecule has 7 heteroatoms. The van der Waals surface area contributed by atoms with E-state index in [-0.39, 0.29) is 19.0 Å². The molecule has 1 unspecified atom stereocenters. The molecular weight excluding hydrogens is 274 g/mol. The normalized spacial score (nSPS) is 11.7. The van der Waals surface area contributed by atoms with Crippen molar-refractivity contribution < 1.29 is 19.4 Å². The first-order valence-corrected chi connectivity index (χ1v) is 6.74. The molecule has 0 fully saturated rings. The van der Waals surface area contributed by atoms with Gasteiger partial charge in [-0.15, -0.1) is 0 Å². The fraction of sp³-hybridized carbons (Fsp3) is 0.500. The maximum absolute atomic E-state index is 12.1. The second kappa shape index (κ2) is 8.91. The van der Waals surface area contributed by atoms with E-state index in [2.05, 4.69) is 10.3 Å². The second-order valence-corrected chi connectivity index (χ2v) is 4.48. The molecule has 116 valence electrons. The molecule has 2 N–H and O–H groups in total. The molecule has 0 bridgehead atoms. The van der Waals surface area contributed by atoms with Gasteiger partial charge in [-0.1, -0.05) is 6.07 Å². The molecule has 0 aliphatic carbocycles. The van der Waals surface area contributed by atoms with Crippen molar-refractivity contribution in [2.24, 2.45) is 0 Å². The molecule has 21 heavy (non-hydrogen) atoms. The minimum Gasteiger partial charge on any atom is -0.481 e. The van der Waals surface area contributed by atoms with E-state index in [0.717, 1.165) is 5.69 Å². The van der Waals surface area contributed by atoms with Crippen molar-refractivity contribution >= 4 is 12.0 Å². The highest BCUT2D eigenvalue weighted by Crippen LogP contribution is 2.02. The summed E-state index contributed by atoms with van der Waals surface area (Å²) in [6, 6.07) is 5.26. The van der Waals surface area contributed by atoms with E-state index in [9.17, 15) is 9.59 Å². The number of rotatable bonds is 8. The average Bonchev–Trinajstić information content (AvgIpc) is 2.49. The fourth-order valence-electron chi connectivity index (χ4n) is 1.76. The van der Waals surface area contributed by atoms with Crippen LogP contribution in [0, 0.1) is 0 Å². The zero-order valence-corrected chi connectivity index (χ0v) is 12.3. The van der Waals surface area contributed by atoms with Gasteiger partial charge >= 0.3 is 12.0 Å². The number of carboxylic acid groups (broad SMARTS) is 1. The van der Waals surface area contributed by atoms with Crippen LogP contribution in [0.3, 0.4) is 0 Å². The Labute approximate surface area is 123 Å². The molecule has 2 amide bonds. The molecule has 1 aromatic heterocycles. The molecule has 1 aromatic rings. The second-order valence-electron chi connectivity index (χ2n) is 4.48. The minimum atomic E-state index is -0.961. The van der Waals surface area contributed by atoms with Crippen molar-refractivity contribution in [2.75, 3.05) is 20.2 Å². The first-order valence-electron chi connectivity index (χ1n) is 6.74. The van der Waals surface area contributed by atoms with Gasteiger partial charge in [0.15, 0.2) is 0 Å². The molecule has 1 rings (SSSR count). The average molecular weight is 295 g/mol. The summed E-state index contributed by atoms with van der Waals surface area (Å²) in [6.07, 6.45) is 0.984. The van der Waals surface area contributed by atoms with E-state index in [4.69, 9.17) is 9.84 Å². The number of urea groups is 1. The number of hydrogen-bond donors (Lipinski definition) is 2. The standard InChI is InChI=1S/C14H21N3O4/c1-3-17(10-11-6-4-5-7-15-11)14(20)16-9-12(21-2)8-13(18)19/h4-7,12H,3,8-10H2,1-2H3,(H,16,20)(H,18,19). The topological polar surface area (TPSA) is 91.8 Å². The lowest BCUT2D eigenvalue weighted by molar-refractivity contribution is -0.139. The number of carboxylic acids is 1. The number of carbonyl (C=O) groups is 2. The van der Waals surface area contributed by atoms with E-state index < -0.39 is 12.1 Å². The van der Waals surface area contributed by atoms with E-state index in [1.165, 1.54) is 7.11 Å². The lowest BCUT2D eigenvalue weighted by atomic mass is 10.2. The van der Waals surface area contributed by atoms with Crippen LogP contribution in [0.2, 0.25) is 0 Å². The van der Waals surface area contributed by atoms with Crippen LogP contribution in [0.4, 0.5) is 4.79 Å². The summed E-state index contributed by atoms with van der Waals surface area (Å²) in [6.45, 7) is 2.95. The minimum absolute atomic E-state index is 0.150. The fourth-order valence-corrected chi connectivity index (χ4v) is 1.76. The van der Waals surface area contributed by atoms with E-state index in [1.807, 2.05) is 25.1 Å². The number of nitrogens with zero attached hydrogens (tertiary/aromatic N) is 2. The molecule has 0 radical (unpaired) electrons. The van der Waals surface area contributed by atoms with Crippen molar-refractivity contribution in [3.05, 3.63) is 30.1 Å². The first-order chi connectivity index (χ1) is 10.1. The van der Waals surface area contributed by atoms with Gasteiger partial charge in [0, 0.05) is 26.4 Å². The monoisotopic (exact) mass is 295 g/mol. The molecular formula is C14H21N3O4. The highest BCUT2D eigenvalue weighted by atomic mass is 16.5. The number of ether oxygens (including phenoxy) is 1. The Morgan fingerprint density at radius 1 is 1.48 bits per heavy atom. The van der Waals surface area contributed by atoms with Gasteiger partial charge in [-0.2, -0.15) is 0 Å². The Kier molecular flexibility index (Phi) is 7.17. The van der Waals surface area contributed by atoms with Crippen molar-refractivity contribution in [1.29, 1.82) is 0 Å². The smallest absolute Gasteiger partial charge is 0.317 e. The number of amides is 2. The lowest BCUT2D eigenvalue weighted by Crippen LogP contribution is -2.43. The van der Waals surface area contributed by atoms with Crippen molar-refractivity contribution in [1.82, 2.24) is 15.2 Å². The van der Waals surface area contributed by atoms with Crippen LogP contribution >= 0.6 is 0 Å². The van der Waals surface area contributed by atoms with Crippen LogP contribution in [0.25, 0.3) is 0 Å². The lowest BCUT2D eigenvalue weighted by Gasteiger charge is -2.22. The summed E-state index contributed by atoms with van der Waals surface area (Å²) >= 11 is 0. The van der Waals surface area contributed by atoms with Gasteiger partial charge in [0.05, 0.1) is 24.8 Å². The maximum Gasteiger partial charge on any atom is 0.317 e. The molecule has 1 atom stereocenters. The van der Waals surface area contributed by atoms with Crippen LogP contribution in [-0.2, 0) is 16.1 Å². The Balaban J connectivity index is 2.49. The van der Waals surface area contributed by atoms with Gasteiger partial charge in [0.2, 0.25) is 0 Å². The maximum atomic E-state index is 12.1. The number of methoxy groups -OCH3 is 1. The third kappa shape index (κ3) is 6.22. The Morgan fingerprint density at radius 3 is 2.76 bits per heavy atom. The molecule has 0 aliphatic rings. The number of carbonyl (C=O) groups excluding carboxylic acids is 1. The summed E-state index contributed by atoms with van der Waals surface area (Å²) in [5.74, 6) is -0.961. The third-order valence-electron chi connectivity index (χ3n) is 2.96. The SMILES string of the molecule is CCN(Cc1ccccn1)C(=O)NCC(CC(=O)O)OC. The summed E-state index contributed by atoms with van der Waals surface area (Å²) in [4.78, 5) is 28.5. The number of aromatic nitrogens is 1. The van der Waals surface area contributed by atoms with Gasteiger partial charge in [-0.3, -0.25) is 9.78 Å². The molecule has 0 aromatic carbocycles. The van der Waals surface area contributed by atoms with Crippen LogP contribution < -0.4 is 5.32 Å². The van der Waals surface area contributed by atoms with E-state index in [0.29, 0.717) is 13.1 Å². The summed E-state index contributed by atoms with van der Waals surface area (Å²) < 4.78 is 5.02. The highest BCUT2D eigenvalue weighted by molar-refractivity contribution is 5.74. The first kappa shape index (κ1) is 16.9. The van der Waals surface area contributed by atoms with E-state index in [1.54, 1.807) is 11.1 Å². The molecule has 0 spiro atoms. The van der Waals surface area contributed by atoms with Crippen LogP contribution in [0.15, 0.2) is 24.4 Å². The molecule has 1 heterocycles. The van der Waals surface area contributed by atoms with Gasteiger partial charge in [0.25, 0.3) is 0 Å². The zero-order chi connectivity index (χ0) is 15.7. The van der Waals surface area contributed by atoms with Crippen LogP contribution in [-0.4, -0.2) is 53.3 Å². The molecule has 7 nitrogen and oxygen atoms in total. The number of pyridine rings is 1. The van der Waals surface area contributed by atoms with Gasteiger partial charge in [0.1, 0.15) is 0 Å². The van der Waals surface area contributed by atoms with Crippen LogP contribution in [0.1, 0.15) is 19.0 Å². The van der Waals surface area contributed by atoms with Crippen molar-refractivity contribution in [3.8, 4) is 0 Å². The van der Waals surface area contributed by atoms with E-state index >= 15 is 0 Å². The van der Waals surface area contributed by atoms with Crippen molar-refractivity contribution in [3.63, 3.8) is 0 Å². The summed E-state index contributed by atoms with van der Waals surface area (Å²) in [7, 11) is 1.42. The quantitative estimate of drug-likeness (QED) is 0.749. The molecule has 0 saturated carbocycles. The van der Waals surface area contributed by atoms with Crippen LogP contribution in [0.5, 0.6) is 0 Å². The Hall–Kier alpha value is -2.15. The Bertz CT molecular complexity index is 453. The zero-order valence-electron chi connectivity index (χ0n) is 12.3. The highest BCUT2D eigenvalue weighted by Gasteiger charge is 2.16. The van der Waals surface area contributed by atoms with Crippen molar-refractivity contribution in [2.45, 2.75) is 26.0 Å². The molecule has 0 saturated heterocycles. The summed E-state index contributed by atoms with van der Waals surface area (Å²) in [5, 5.41) is 11.4. The number of nitrogens with one attached hydrogen (secondary N) is 1. The van der Waals surface area contributed by atoms with Gasteiger partial charge in [-0.25, -0.2) is 4.79 Å². The predicted molar refractivity (Wildman–Crippen MR) is 76.8 cm³/mol. The summed E-state index contributed by atoms with van der Waals surface area (Å²) in [5.41, 5.74) is 0.795. The Morgan fingerprint density at radius 2 is 2.24 bits per heavy atom. The van der Waals surface area contributed by atoms with Gasteiger partial charge in [-0.05, 0) is 19.1 Å². The number of hydrogen-bond acceptors (Lipinski definition) is 4.